The van der Waals surface area contributed by atoms with E-state index < -0.39 is 15.1 Å². The van der Waals surface area contributed by atoms with E-state index in [9.17, 15) is 13.2 Å². The number of carbonyl (C=O) groups excluding carboxylic acids is 1. The SMILES string of the molecule is O=C(Nc1cccc(Cl)c1)N1CC(S(=O)(=O)c2ccc(Cl)cc2)C1. The second-order valence-corrected chi connectivity index (χ2v) is 8.57. The molecule has 8 heteroatoms. The molecule has 0 aliphatic carbocycles. The van der Waals surface area contributed by atoms with Crippen molar-refractivity contribution in [1.29, 1.82) is 0 Å². The molecule has 1 fully saturated rings. The van der Waals surface area contributed by atoms with Crippen LogP contribution in [0.1, 0.15) is 0 Å². The molecule has 0 bridgehead atoms. The number of hydrogen-bond acceptors (Lipinski definition) is 3. The van der Waals surface area contributed by atoms with Crippen LogP contribution >= 0.6 is 23.2 Å². The van der Waals surface area contributed by atoms with Crippen molar-refractivity contribution < 1.29 is 13.2 Å². The van der Waals surface area contributed by atoms with Gasteiger partial charge in [0, 0.05) is 28.8 Å². The number of benzene rings is 2. The first kappa shape index (κ1) is 17.1. The number of rotatable bonds is 3. The molecule has 1 saturated heterocycles. The molecule has 24 heavy (non-hydrogen) atoms. The van der Waals surface area contributed by atoms with Crippen LogP contribution in [0.3, 0.4) is 0 Å². The lowest BCUT2D eigenvalue weighted by molar-refractivity contribution is 0.182. The zero-order valence-electron chi connectivity index (χ0n) is 12.4. The third-order valence-corrected chi connectivity index (χ3v) is 6.38. The summed E-state index contributed by atoms with van der Waals surface area (Å²) in [5, 5.41) is 3.08. The van der Waals surface area contributed by atoms with E-state index in [2.05, 4.69) is 5.32 Å². The first-order valence-electron chi connectivity index (χ1n) is 7.17. The van der Waals surface area contributed by atoms with Gasteiger partial charge in [0.15, 0.2) is 9.84 Å². The summed E-state index contributed by atoms with van der Waals surface area (Å²) in [6, 6.07) is 12.5. The summed E-state index contributed by atoms with van der Waals surface area (Å²) in [6.45, 7) is 0.300. The summed E-state index contributed by atoms with van der Waals surface area (Å²) in [4.78, 5) is 13.8. The Hall–Kier alpha value is -1.76. The zero-order chi connectivity index (χ0) is 17.3. The quantitative estimate of drug-likeness (QED) is 0.877. The van der Waals surface area contributed by atoms with Gasteiger partial charge in [-0.15, -0.1) is 0 Å². The molecule has 1 aliphatic heterocycles. The van der Waals surface area contributed by atoms with Crippen molar-refractivity contribution in [2.24, 2.45) is 0 Å². The van der Waals surface area contributed by atoms with Crippen LogP contribution in [-0.2, 0) is 9.84 Å². The highest BCUT2D eigenvalue weighted by atomic mass is 35.5. The molecule has 0 radical (unpaired) electrons. The van der Waals surface area contributed by atoms with E-state index in [1.807, 2.05) is 0 Å². The highest BCUT2D eigenvalue weighted by molar-refractivity contribution is 7.92. The van der Waals surface area contributed by atoms with Crippen LogP contribution < -0.4 is 5.32 Å². The maximum atomic E-state index is 12.5. The van der Waals surface area contributed by atoms with Crippen molar-refractivity contribution in [3.05, 3.63) is 58.6 Å². The zero-order valence-corrected chi connectivity index (χ0v) is 14.8. The van der Waals surface area contributed by atoms with Gasteiger partial charge in [0.1, 0.15) is 5.25 Å². The Morgan fingerprint density at radius 3 is 2.33 bits per heavy atom. The Balaban J connectivity index is 1.62. The van der Waals surface area contributed by atoms with E-state index in [4.69, 9.17) is 23.2 Å². The molecular weight excluding hydrogens is 371 g/mol. The van der Waals surface area contributed by atoms with Gasteiger partial charge in [-0.25, -0.2) is 13.2 Å². The number of hydrogen-bond donors (Lipinski definition) is 1. The van der Waals surface area contributed by atoms with Crippen LogP contribution in [0.2, 0.25) is 10.0 Å². The molecule has 2 aromatic rings. The second kappa shape index (κ2) is 6.63. The van der Waals surface area contributed by atoms with Gasteiger partial charge in [0.25, 0.3) is 0 Å². The summed E-state index contributed by atoms with van der Waals surface area (Å²) < 4.78 is 25.0. The molecule has 1 aliphatic rings. The minimum absolute atomic E-state index is 0.150. The number of nitrogens with one attached hydrogen (secondary N) is 1. The molecular formula is C16H14Cl2N2O3S. The molecule has 1 N–H and O–H groups in total. The fourth-order valence-corrected chi connectivity index (χ4v) is 4.35. The number of amides is 2. The number of sulfone groups is 1. The first-order valence-corrected chi connectivity index (χ1v) is 9.47. The number of halogens is 2. The molecule has 5 nitrogen and oxygen atoms in total. The van der Waals surface area contributed by atoms with Crippen LogP contribution in [0.25, 0.3) is 0 Å². The fraction of sp³-hybridized carbons (Fsp3) is 0.188. The number of anilines is 1. The van der Waals surface area contributed by atoms with Gasteiger partial charge >= 0.3 is 6.03 Å². The smallest absolute Gasteiger partial charge is 0.321 e. The van der Waals surface area contributed by atoms with Gasteiger partial charge in [-0.1, -0.05) is 29.3 Å². The van der Waals surface area contributed by atoms with Gasteiger partial charge in [0.2, 0.25) is 0 Å². The standard InChI is InChI=1S/C16H14Cl2N2O3S/c17-11-4-6-14(7-5-11)24(22,23)15-9-20(10-15)16(21)19-13-3-1-2-12(18)8-13/h1-8,15H,9-10H2,(H,19,21). The number of urea groups is 1. The highest BCUT2D eigenvalue weighted by Crippen LogP contribution is 2.25. The monoisotopic (exact) mass is 384 g/mol. The second-order valence-electron chi connectivity index (χ2n) is 5.47. The molecule has 0 aromatic heterocycles. The van der Waals surface area contributed by atoms with E-state index in [1.165, 1.54) is 29.2 Å². The van der Waals surface area contributed by atoms with Crippen LogP contribution in [0, 0.1) is 0 Å². The molecule has 2 aromatic carbocycles. The summed E-state index contributed by atoms with van der Waals surface area (Å²) >= 11 is 11.6. The minimum Gasteiger partial charge on any atom is -0.322 e. The van der Waals surface area contributed by atoms with Gasteiger partial charge in [-0.05, 0) is 42.5 Å². The maximum absolute atomic E-state index is 12.5. The van der Waals surface area contributed by atoms with Gasteiger partial charge in [-0.2, -0.15) is 0 Å². The third-order valence-electron chi connectivity index (χ3n) is 3.79. The molecule has 0 atom stereocenters. The lowest BCUT2D eigenvalue weighted by atomic mass is 10.2. The Kier molecular flexibility index (Phi) is 4.71. The molecule has 3 rings (SSSR count). The van der Waals surface area contributed by atoms with E-state index in [0.717, 1.165) is 0 Å². The van der Waals surface area contributed by atoms with E-state index in [-0.39, 0.29) is 24.0 Å². The lowest BCUT2D eigenvalue weighted by Gasteiger charge is -2.38. The van der Waals surface area contributed by atoms with Crippen molar-refractivity contribution in [2.45, 2.75) is 10.1 Å². The molecule has 0 saturated carbocycles. The number of likely N-dealkylation sites (tertiary alicyclic amines) is 1. The molecule has 126 valence electrons. The summed E-state index contributed by atoms with van der Waals surface area (Å²) in [6.07, 6.45) is 0. The summed E-state index contributed by atoms with van der Waals surface area (Å²) in [5.41, 5.74) is 0.566. The predicted octanol–water partition coefficient (Wildman–Crippen LogP) is 3.68. The Bertz CT molecular complexity index is 863. The van der Waals surface area contributed by atoms with Crippen LogP contribution in [0.15, 0.2) is 53.4 Å². The Morgan fingerprint density at radius 1 is 1.04 bits per heavy atom. The summed E-state index contributed by atoms with van der Waals surface area (Å²) in [5.74, 6) is 0. The lowest BCUT2D eigenvalue weighted by Crippen LogP contribution is -2.58. The van der Waals surface area contributed by atoms with Crippen LogP contribution in [-0.4, -0.2) is 37.7 Å². The Labute approximate surface area is 150 Å². The van der Waals surface area contributed by atoms with Crippen LogP contribution in [0.4, 0.5) is 10.5 Å². The van der Waals surface area contributed by atoms with Crippen molar-refractivity contribution in [3.8, 4) is 0 Å². The van der Waals surface area contributed by atoms with Gasteiger partial charge < -0.3 is 10.2 Å². The third kappa shape index (κ3) is 3.50. The highest BCUT2D eigenvalue weighted by Gasteiger charge is 2.40. The Morgan fingerprint density at radius 2 is 1.71 bits per heavy atom. The summed E-state index contributed by atoms with van der Waals surface area (Å²) in [7, 11) is -3.47. The van der Waals surface area contributed by atoms with Crippen molar-refractivity contribution >= 4 is 44.8 Å². The number of nitrogens with zero attached hydrogens (tertiary/aromatic N) is 1. The average molecular weight is 385 g/mol. The molecule has 2 amide bonds. The molecule has 0 spiro atoms. The maximum Gasteiger partial charge on any atom is 0.321 e. The molecule has 1 heterocycles. The average Bonchev–Trinajstić information content (AvgIpc) is 2.45. The largest absolute Gasteiger partial charge is 0.322 e. The first-order chi connectivity index (χ1) is 11.4. The topological polar surface area (TPSA) is 66.5 Å². The van der Waals surface area contributed by atoms with Gasteiger partial charge in [-0.3, -0.25) is 0 Å². The van der Waals surface area contributed by atoms with E-state index in [0.29, 0.717) is 15.7 Å². The normalized spacial score (nSPS) is 15.0. The van der Waals surface area contributed by atoms with Crippen molar-refractivity contribution in [2.75, 3.05) is 18.4 Å². The minimum atomic E-state index is -3.47. The number of carbonyl (C=O) groups is 1. The van der Waals surface area contributed by atoms with Crippen molar-refractivity contribution in [1.82, 2.24) is 4.90 Å². The fourth-order valence-electron chi connectivity index (χ4n) is 2.39. The van der Waals surface area contributed by atoms with Crippen molar-refractivity contribution in [3.63, 3.8) is 0 Å². The van der Waals surface area contributed by atoms with E-state index in [1.54, 1.807) is 24.3 Å². The molecule has 0 unspecified atom stereocenters. The van der Waals surface area contributed by atoms with Gasteiger partial charge in [0.05, 0.1) is 4.90 Å². The van der Waals surface area contributed by atoms with Crippen LogP contribution in [0.5, 0.6) is 0 Å². The predicted molar refractivity (Wildman–Crippen MR) is 94.5 cm³/mol. The van der Waals surface area contributed by atoms with E-state index >= 15 is 0 Å².